The van der Waals surface area contributed by atoms with E-state index in [-0.39, 0.29) is 17.2 Å². The summed E-state index contributed by atoms with van der Waals surface area (Å²) in [5.74, 6) is 0.695. The smallest absolute Gasteiger partial charge is 0.417 e. The molecule has 0 aliphatic rings. The second-order valence-corrected chi connectivity index (χ2v) is 8.47. The fraction of sp³-hybridized carbons (Fsp3) is 0.231. The van der Waals surface area contributed by atoms with E-state index in [4.69, 9.17) is 16.3 Å². The Balaban J connectivity index is 1.24. The molecule has 0 spiro atoms. The first-order valence-corrected chi connectivity index (χ1v) is 11.2. The van der Waals surface area contributed by atoms with Crippen molar-refractivity contribution in [2.75, 3.05) is 19.7 Å². The minimum absolute atomic E-state index is 0.0492. The molecule has 0 saturated heterocycles. The molecule has 1 heterocycles. The quantitative estimate of drug-likeness (QED) is 0.250. The summed E-state index contributed by atoms with van der Waals surface area (Å²) < 4.78 is 45.8. The van der Waals surface area contributed by atoms with Crippen molar-refractivity contribution in [3.05, 3.63) is 89.1 Å². The average Bonchev–Trinajstić information content (AvgIpc) is 3.28. The maximum atomic E-state index is 13.4. The first kappa shape index (κ1) is 24.1. The van der Waals surface area contributed by atoms with Crippen LogP contribution < -0.4 is 10.1 Å². The molecule has 4 aromatic rings. The molecule has 178 valence electrons. The van der Waals surface area contributed by atoms with E-state index in [1.54, 1.807) is 12.1 Å². The molecule has 0 fully saturated rings. The van der Waals surface area contributed by atoms with Gasteiger partial charge in [-0.15, -0.1) is 0 Å². The molecule has 3 N–H and O–H groups in total. The predicted octanol–water partition coefficient (Wildman–Crippen LogP) is 6.08. The second-order valence-electron chi connectivity index (χ2n) is 8.03. The van der Waals surface area contributed by atoms with Gasteiger partial charge in [0.25, 0.3) is 0 Å². The topological polar surface area (TPSA) is 57.3 Å². The Bertz CT molecular complexity index is 1240. The van der Waals surface area contributed by atoms with Crippen LogP contribution in [0.15, 0.2) is 72.9 Å². The maximum Gasteiger partial charge on any atom is 0.417 e. The van der Waals surface area contributed by atoms with Crippen molar-refractivity contribution in [3.63, 3.8) is 0 Å². The summed E-state index contributed by atoms with van der Waals surface area (Å²) in [6.07, 6.45) is -2.62. The van der Waals surface area contributed by atoms with E-state index in [0.717, 1.165) is 22.5 Å². The largest absolute Gasteiger partial charge is 0.491 e. The Morgan fingerprint density at radius 3 is 2.56 bits per heavy atom. The van der Waals surface area contributed by atoms with Crippen LogP contribution in [0, 0.1) is 0 Å². The molecule has 1 aromatic heterocycles. The van der Waals surface area contributed by atoms with Crippen LogP contribution in [0.2, 0.25) is 5.02 Å². The lowest BCUT2D eigenvalue weighted by molar-refractivity contribution is -0.137. The van der Waals surface area contributed by atoms with Gasteiger partial charge in [0.15, 0.2) is 0 Å². The number of ether oxygens (including phenoxy) is 1. The van der Waals surface area contributed by atoms with E-state index in [2.05, 4.69) is 10.3 Å². The molecular formula is C26H24ClF3N2O2. The van der Waals surface area contributed by atoms with Crippen molar-refractivity contribution in [3.8, 4) is 16.9 Å². The third-order valence-electron chi connectivity index (χ3n) is 5.49. The summed E-state index contributed by atoms with van der Waals surface area (Å²) in [4.78, 5) is 3.12. The normalized spacial score (nSPS) is 12.7. The van der Waals surface area contributed by atoms with Crippen molar-refractivity contribution in [2.45, 2.75) is 18.7 Å². The number of benzene rings is 3. The first-order chi connectivity index (χ1) is 16.3. The number of nitrogens with one attached hydrogen (secondary N) is 2. The molecule has 4 nitrogen and oxygen atoms in total. The number of rotatable bonds is 9. The molecule has 0 amide bonds. The number of H-pyrrole nitrogens is 1. The molecule has 34 heavy (non-hydrogen) atoms. The molecule has 0 bridgehead atoms. The van der Waals surface area contributed by atoms with Gasteiger partial charge in [-0.3, -0.25) is 0 Å². The van der Waals surface area contributed by atoms with Crippen LogP contribution in [-0.4, -0.2) is 35.9 Å². The highest BCUT2D eigenvalue weighted by atomic mass is 35.5. The number of halogens is 4. The standard InChI is InChI=1S/C26H24ClF3N2O2/c27-20-5-7-23(24(14-20)26(28,29)30)18-3-1-17(2-4-18)9-11-31-15-21(33)16-34-22-6-8-25-19(13-22)10-12-32-25/h1-8,10,12-14,21,31-33H,9,11,15-16H2. The minimum Gasteiger partial charge on any atom is -0.491 e. The highest BCUT2D eigenvalue weighted by molar-refractivity contribution is 6.30. The third kappa shape index (κ3) is 6.11. The van der Waals surface area contributed by atoms with Crippen LogP contribution in [0.25, 0.3) is 22.0 Å². The zero-order chi connectivity index (χ0) is 24.1. The predicted molar refractivity (Wildman–Crippen MR) is 128 cm³/mol. The summed E-state index contributed by atoms with van der Waals surface area (Å²) in [6, 6.07) is 18.4. The van der Waals surface area contributed by atoms with E-state index in [1.807, 2.05) is 42.6 Å². The van der Waals surface area contributed by atoms with E-state index >= 15 is 0 Å². The molecule has 0 radical (unpaired) electrons. The number of hydrogen-bond donors (Lipinski definition) is 3. The molecule has 8 heteroatoms. The molecular weight excluding hydrogens is 465 g/mol. The van der Waals surface area contributed by atoms with Gasteiger partial charge in [0.1, 0.15) is 18.5 Å². The lowest BCUT2D eigenvalue weighted by Gasteiger charge is -2.14. The van der Waals surface area contributed by atoms with Gasteiger partial charge in [0.05, 0.1) is 5.56 Å². The van der Waals surface area contributed by atoms with Crippen molar-refractivity contribution >= 4 is 22.5 Å². The number of aromatic amines is 1. The molecule has 4 rings (SSSR count). The summed E-state index contributed by atoms with van der Waals surface area (Å²) >= 11 is 5.76. The highest BCUT2D eigenvalue weighted by Crippen LogP contribution is 2.38. The van der Waals surface area contributed by atoms with Crippen LogP contribution in [0.3, 0.4) is 0 Å². The van der Waals surface area contributed by atoms with Crippen LogP contribution in [0.4, 0.5) is 13.2 Å². The number of fused-ring (bicyclic) bond motifs is 1. The van der Waals surface area contributed by atoms with E-state index in [1.165, 1.54) is 12.1 Å². The van der Waals surface area contributed by atoms with Crippen molar-refractivity contribution < 1.29 is 23.0 Å². The van der Waals surface area contributed by atoms with Gasteiger partial charge in [-0.2, -0.15) is 13.2 Å². The van der Waals surface area contributed by atoms with Crippen molar-refractivity contribution in [1.29, 1.82) is 0 Å². The number of aliphatic hydroxyl groups excluding tert-OH is 1. The van der Waals surface area contributed by atoms with Crippen LogP contribution in [0.1, 0.15) is 11.1 Å². The zero-order valence-corrected chi connectivity index (χ0v) is 19.0. The summed E-state index contributed by atoms with van der Waals surface area (Å²) in [6.45, 7) is 1.14. The third-order valence-corrected chi connectivity index (χ3v) is 5.72. The number of aliphatic hydroxyl groups is 1. The average molecular weight is 489 g/mol. The Kier molecular flexibility index (Phi) is 7.46. The SMILES string of the molecule is OC(CNCCc1ccc(-c2ccc(Cl)cc2C(F)(F)F)cc1)COc1ccc2[nH]ccc2c1. The first-order valence-electron chi connectivity index (χ1n) is 10.8. The molecule has 0 aliphatic heterocycles. The Morgan fingerprint density at radius 2 is 1.79 bits per heavy atom. The van der Waals surface area contributed by atoms with Gasteiger partial charge in [0, 0.05) is 28.7 Å². The monoisotopic (exact) mass is 488 g/mol. The minimum atomic E-state index is -4.48. The van der Waals surface area contributed by atoms with Gasteiger partial charge in [-0.1, -0.05) is 41.9 Å². The Hall–Kier alpha value is -3.00. The summed E-state index contributed by atoms with van der Waals surface area (Å²) in [5, 5.41) is 14.4. The molecule has 0 aliphatic carbocycles. The lowest BCUT2D eigenvalue weighted by atomic mass is 9.98. The van der Waals surface area contributed by atoms with Crippen molar-refractivity contribution in [2.24, 2.45) is 0 Å². The molecule has 3 aromatic carbocycles. The highest BCUT2D eigenvalue weighted by Gasteiger charge is 2.33. The fourth-order valence-electron chi connectivity index (χ4n) is 3.73. The molecule has 0 saturated carbocycles. The van der Waals surface area contributed by atoms with E-state index in [0.29, 0.717) is 30.8 Å². The van der Waals surface area contributed by atoms with Gasteiger partial charge >= 0.3 is 6.18 Å². The van der Waals surface area contributed by atoms with Crippen LogP contribution in [-0.2, 0) is 12.6 Å². The number of alkyl halides is 3. The van der Waals surface area contributed by atoms with Gasteiger partial charge in [0.2, 0.25) is 0 Å². The Labute approximate surface area is 200 Å². The van der Waals surface area contributed by atoms with Crippen LogP contribution in [0.5, 0.6) is 5.75 Å². The summed E-state index contributed by atoms with van der Waals surface area (Å²) in [5.41, 5.74) is 1.82. The fourth-order valence-corrected chi connectivity index (χ4v) is 3.90. The Morgan fingerprint density at radius 1 is 1.00 bits per heavy atom. The maximum absolute atomic E-state index is 13.4. The lowest BCUT2D eigenvalue weighted by Crippen LogP contribution is -2.32. The molecule has 1 unspecified atom stereocenters. The van der Waals surface area contributed by atoms with E-state index in [9.17, 15) is 18.3 Å². The van der Waals surface area contributed by atoms with Crippen molar-refractivity contribution in [1.82, 2.24) is 10.3 Å². The second kappa shape index (κ2) is 10.5. The van der Waals surface area contributed by atoms with E-state index < -0.39 is 17.8 Å². The zero-order valence-electron chi connectivity index (χ0n) is 18.2. The molecule has 1 atom stereocenters. The van der Waals surface area contributed by atoms with Gasteiger partial charge in [-0.25, -0.2) is 0 Å². The number of aromatic nitrogens is 1. The van der Waals surface area contributed by atoms with Gasteiger partial charge in [-0.05, 0) is 66.1 Å². The summed E-state index contributed by atoms with van der Waals surface area (Å²) in [7, 11) is 0. The number of hydrogen-bond acceptors (Lipinski definition) is 3. The van der Waals surface area contributed by atoms with Crippen LogP contribution >= 0.6 is 11.6 Å². The van der Waals surface area contributed by atoms with Gasteiger partial charge < -0.3 is 20.1 Å².